The maximum Gasteiger partial charge on any atom is 0.255 e. The number of hydrogen-bond acceptors (Lipinski definition) is 13. The highest BCUT2D eigenvalue weighted by Gasteiger charge is 2.44. The standard InChI is InChI=1S/C72H102N10O8S/c1-11-81(58-30-38-90-39-31-58)62-42-57(41-60(51(62)4)69(87)77(9)47-61-49(2)40-50(3)78(10)70(61)88)55-25-23-54(24-26-55)45-80-36-34-79(35-37-80)33-29-64(84)73-32-19-17-15-13-12-14-16-18-20-65(85)76-67(72(6,7)8)71(89)82-46-59(83)43-63(82)68(86)74-44-53-21-27-56(28-22-53)66-52(5)75-48-91-66/h21-28,40-42,48,58-59,63,67,83H,11-20,29-39,43-47H2,1-10H3,(H,73,84)(H,74,86)(H,76,85)/t59-,63+,67+/m0/s1. The largest absolute Gasteiger partial charge is 0.391 e. The maximum absolute atomic E-state index is 14.5. The van der Waals surface area contributed by atoms with Gasteiger partial charge in [-0.25, -0.2) is 4.98 Å². The van der Waals surface area contributed by atoms with E-state index >= 15 is 0 Å². The van der Waals surface area contributed by atoms with Gasteiger partial charge in [0.15, 0.2) is 0 Å². The first-order valence-electron chi connectivity index (χ1n) is 33.4. The van der Waals surface area contributed by atoms with E-state index in [1.54, 1.807) is 34.9 Å². The second-order valence-electron chi connectivity index (χ2n) is 26.7. The SMILES string of the molecule is CCN(c1cc(-c2ccc(CN3CCN(CCC(=O)NCCCCCCCCCCC(=O)N[C@H](C(=O)N4C[C@@H](O)C[C@@H]4C(=O)NCc4ccc(-c5scnc5C)cc4)C(C)(C)C)CC3)cc2)cc(C(=O)N(C)Cc2c(C)cc(C)n(C)c2=O)c1C)C1CCOCC1. The Morgan fingerprint density at radius 1 is 0.780 bits per heavy atom. The molecule has 0 bridgehead atoms. The van der Waals surface area contributed by atoms with Crippen LogP contribution in [0.4, 0.5) is 5.69 Å². The van der Waals surface area contributed by atoms with Crippen molar-refractivity contribution in [3.05, 3.63) is 127 Å². The lowest BCUT2D eigenvalue weighted by Crippen LogP contribution is -2.57. The molecule has 494 valence electrons. The Morgan fingerprint density at radius 2 is 1.42 bits per heavy atom. The molecule has 3 atom stereocenters. The van der Waals surface area contributed by atoms with Crippen LogP contribution in [0.3, 0.4) is 0 Å². The summed E-state index contributed by atoms with van der Waals surface area (Å²) in [5.41, 5.74) is 12.4. The molecule has 0 spiro atoms. The number of aryl methyl sites for hydroxylation is 3. The van der Waals surface area contributed by atoms with Gasteiger partial charge in [-0.1, -0.05) is 108 Å². The number of thiazole rings is 1. The van der Waals surface area contributed by atoms with E-state index in [-0.39, 0.29) is 61.2 Å². The first-order chi connectivity index (χ1) is 43.6. The van der Waals surface area contributed by atoms with E-state index in [0.717, 1.165) is 172 Å². The Morgan fingerprint density at radius 3 is 2.07 bits per heavy atom. The third-order valence-corrected chi connectivity index (χ3v) is 19.8. The number of carbonyl (C=O) groups excluding carboxylic acids is 5. The van der Waals surface area contributed by atoms with Crippen molar-refractivity contribution in [3.63, 3.8) is 0 Å². The third kappa shape index (κ3) is 19.2. The minimum Gasteiger partial charge on any atom is -0.391 e. The minimum absolute atomic E-state index is 0.0313. The predicted molar refractivity (Wildman–Crippen MR) is 363 cm³/mol. The molecule has 4 N–H and O–H groups in total. The number of β-amino-alcohol motifs (C(OH)–C–C–N with tert-alkyl or cyclic N) is 1. The molecule has 5 amide bonds. The van der Waals surface area contributed by atoms with Crippen LogP contribution < -0.4 is 26.4 Å². The number of rotatable bonds is 29. The molecule has 3 aliphatic rings. The number of unbranched alkanes of at least 4 members (excludes halogenated alkanes) is 7. The molecular formula is C72H102N10O8S. The molecule has 3 fully saturated rings. The van der Waals surface area contributed by atoms with Crippen molar-refractivity contribution in [1.29, 1.82) is 0 Å². The summed E-state index contributed by atoms with van der Waals surface area (Å²) in [5, 5.41) is 19.7. The van der Waals surface area contributed by atoms with Crippen LogP contribution in [0.2, 0.25) is 0 Å². The number of ether oxygens (including phenoxy) is 1. The molecule has 0 unspecified atom stereocenters. The quantitative estimate of drug-likeness (QED) is 0.0331. The molecule has 3 aliphatic heterocycles. The van der Waals surface area contributed by atoms with Crippen LogP contribution in [0.1, 0.15) is 161 Å². The van der Waals surface area contributed by atoms with Crippen molar-refractivity contribution in [2.45, 2.75) is 183 Å². The van der Waals surface area contributed by atoms with Gasteiger partial charge < -0.3 is 50.0 Å². The fraction of sp³-hybridized carbons (Fsp3) is 0.569. The molecular weight excluding hydrogens is 1160 g/mol. The molecule has 91 heavy (non-hydrogen) atoms. The molecule has 0 aliphatic carbocycles. The lowest BCUT2D eigenvalue weighted by atomic mass is 9.85. The Kier molecular flexibility index (Phi) is 25.6. The molecule has 8 rings (SSSR count). The summed E-state index contributed by atoms with van der Waals surface area (Å²) < 4.78 is 7.39. The summed E-state index contributed by atoms with van der Waals surface area (Å²) in [5.74, 6) is -0.897. The van der Waals surface area contributed by atoms with Gasteiger partial charge in [0.05, 0.1) is 28.7 Å². The zero-order chi connectivity index (χ0) is 65.4. The lowest BCUT2D eigenvalue weighted by molar-refractivity contribution is -0.144. The van der Waals surface area contributed by atoms with E-state index in [1.165, 1.54) is 10.5 Å². The highest BCUT2D eigenvalue weighted by Crippen LogP contribution is 2.36. The Bertz CT molecular complexity index is 3310. The monoisotopic (exact) mass is 1270 g/mol. The summed E-state index contributed by atoms with van der Waals surface area (Å²) in [6.45, 7) is 24.5. The average molecular weight is 1270 g/mol. The Balaban J connectivity index is 0.692. The molecule has 19 heteroatoms. The van der Waals surface area contributed by atoms with Crippen LogP contribution in [-0.4, -0.2) is 161 Å². The van der Waals surface area contributed by atoms with Crippen molar-refractivity contribution < 1.29 is 33.8 Å². The number of aromatic nitrogens is 2. The molecule has 2 aromatic heterocycles. The van der Waals surface area contributed by atoms with Gasteiger partial charge in [0, 0.05) is 141 Å². The number of nitrogens with zero attached hydrogens (tertiary/aromatic N) is 7. The van der Waals surface area contributed by atoms with E-state index in [0.29, 0.717) is 43.0 Å². The van der Waals surface area contributed by atoms with Gasteiger partial charge in [-0.2, -0.15) is 0 Å². The zero-order valence-corrected chi connectivity index (χ0v) is 56.8. The van der Waals surface area contributed by atoms with E-state index in [2.05, 4.69) is 79.8 Å². The maximum atomic E-state index is 14.5. The average Bonchev–Trinajstić information content (AvgIpc) is 1.93. The number of pyridine rings is 1. The van der Waals surface area contributed by atoms with Crippen LogP contribution in [0.25, 0.3) is 21.6 Å². The Labute approximate surface area is 544 Å². The number of aliphatic hydroxyl groups excluding tert-OH is 1. The van der Waals surface area contributed by atoms with E-state index < -0.39 is 23.6 Å². The van der Waals surface area contributed by atoms with Crippen LogP contribution >= 0.6 is 11.3 Å². The van der Waals surface area contributed by atoms with E-state index in [9.17, 15) is 33.9 Å². The summed E-state index contributed by atoms with van der Waals surface area (Å²) in [4.78, 5) is 97.4. The molecule has 3 aromatic carbocycles. The number of amides is 5. The van der Waals surface area contributed by atoms with Gasteiger partial charge in [-0.3, -0.25) is 33.7 Å². The number of aliphatic hydroxyl groups is 1. The second-order valence-corrected chi connectivity index (χ2v) is 27.6. The van der Waals surface area contributed by atoms with Gasteiger partial charge in [-0.05, 0) is 123 Å². The summed E-state index contributed by atoms with van der Waals surface area (Å²) in [7, 11) is 3.56. The normalized spacial score (nSPS) is 17.0. The topological polar surface area (TPSA) is 202 Å². The zero-order valence-electron chi connectivity index (χ0n) is 56.0. The fourth-order valence-corrected chi connectivity index (χ4v) is 13.8. The van der Waals surface area contributed by atoms with E-state index in [4.69, 9.17) is 4.74 Å². The van der Waals surface area contributed by atoms with Crippen molar-refractivity contribution >= 4 is 46.6 Å². The van der Waals surface area contributed by atoms with Crippen molar-refractivity contribution in [2.24, 2.45) is 12.5 Å². The van der Waals surface area contributed by atoms with Crippen molar-refractivity contribution in [3.8, 4) is 21.6 Å². The number of hydrogen-bond donors (Lipinski definition) is 4. The van der Waals surface area contributed by atoms with Gasteiger partial charge in [-0.15, -0.1) is 11.3 Å². The highest BCUT2D eigenvalue weighted by atomic mass is 32.1. The first kappa shape index (κ1) is 70.1. The molecule has 0 saturated carbocycles. The second kappa shape index (κ2) is 33.2. The van der Waals surface area contributed by atoms with Gasteiger partial charge in [0.1, 0.15) is 12.1 Å². The summed E-state index contributed by atoms with van der Waals surface area (Å²) in [6, 6.07) is 21.6. The summed E-state index contributed by atoms with van der Waals surface area (Å²) >= 11 is 1.58. The van der Waals surface area contributed by atoms with E-state index in [1.807, 2.05) is 83.5 Å². The summed E-state index contributed by atoms with van der Waals surface area (Å²) in [6.07, 6.45) is 9.87. The smallest absolute Gasteiger partial charge is 0.255 e. The lowest BCUT2D eigenvalue weighted by Gasteiger charge is -2.37. The predicted octanol–water partition coefficient (Wildman–Crippen LogP) is 9.63. The molecule has 18 nitrogen and oxygen atoms in total. The number of anilines is 1. The fourth-order valence-electron chi connectivity index (χ4n) is 13.0. The number of carbonyl (C=O) groups is 5. The van der Waals surface area contributed by atoms with Crippen LogP contribution in [0.15, 0.2) is 77.0 Å². The third-order valence-electron chi connectivity index (χ3n) is 18.8. The van der Waals surface area contributed by atoms with Crippen LogP contribution in [0, 0.1) is 33.1 Å². The molecule has 3 saturated heterocycles. The molecule has 0 radical (unpaired) electrons. The first-order valence-corrected chi connectivity index (χ1v) is 34.2. The van der Waals surface area contributed by atoms with Gasteiger partial charge >= 0.3 is 0 Å². The number of benzene rings is 3. The van der Waals surface area contributed by atoms with Crippen molar-refractivity contribution in [2.75, 3.05) is 77.5 Å². The number of nitrogens with one attached hydrogen (secondary N) is 3. The Hall–Kier alpha value is -6.77. The van der Waals surface area contributed by atoms with Crippen molar-refractivity contribution in [1.82, 2.24) is 45.1 Å². The van der Waals surface area contributed by atoms with Gasteiger partial charge in [0.2, 0.25) is 23.6 Å². The van der Waals surface area contributed by atoms with Gasteiger partial charge in [0.25, 0.3) is 11.5 Å². The van der Waals surface area contributed by atoms with Crippen LogP contribution in [0.5, 0.6) is 0 Å². The van der Waals surface area contributed by atoms with Crippen LogP contribution in [-0.2, 0) is 50.6 Å². The number of likely N-dealkylation sites (tertiary alicyclic amines) is 1. The highest BCUT2D eigenvalue weighted by molar-refractivity contribution is 7.13. The molecule has 5 heterocycles. The molecule has 5 aromatic rings. The number of piperazine rings is 1. The minimum atomic E-state index is -0.853.